The molecule has 4 atom stereocenters. The SMILES string of the molecule is CCN(CC)Cc1cccc(NC(=O)C2C3CCC(C3)C2N)c1.Cl.Cl. The summed E-state index contributed by atoms with van der Waals surface area (Å²) in [6, 6.07) is 8.26. The van der Waals surface area contributed by atoms with Crippen molar-refractivity contribution in [2.75, 3.05) is 18.4 Å². The predicted molar refractivity (Wildman–Crippen MR) is 108 cm³/mol. The number of halogens is 2. The normalized spacial score (nSPS) is 26.9. The van der Waals surface area contributed by atoms with Crippen molar-refractivity contribution in [3.8, 4) is 0 Å². The summed E-state index contributed by atoms with van der Waals surface area (Å²) in [5.41, 5.74) is 8.42. The van der Waals surface area contributed by atoms with E-state index in [4.69, 9.17) is 5.73 Å². The number of carbonyl (C=O) groups excluding carboxylic acids is 1. The third kappa shape index (κ3) is 4.88. The number of nitrogens with two attached hydrogens (primary N) is 1. The zero-order chi connectivity index (χ0) is 16.4. The van der Waals surface area contributed by atoms with E-state index in [-0.39, 0.29) is 42.7 Å². The number of amides is 1. The fourth-order valence-electron chi connectivity index (χ4n) is 4.40. The Labute approximate surface area is 163 Å². The molecular formula is C19H31Cl2N3O. The zero-order valence-corrected chi connectivity index (χ0v) is 16.7. The number of fused-ring (bicyclic) bond motifs is 2. The Balaban J connectivity index is 0.00000156. The smallest absolute Gasteiger partial charge is 0.229 e. The minimum absolute atomic E-state index is 0. The van der Waals surface area contributed by atoms with Crippen LogP contribution in [0, 0.1) is 17.8 Å². The van der Waals surface area contributed by atoms with E-state index in [1.165, 1.54) is 18.4 Å². The Morgan fingerprint density at radius 1 is 1.20 bits per heavy atom. The number of hydrogen-bond acceptors (Lipinski definition) is 3. The Kier molecular flexibility index (Phi) is 8.69. The summed E-state index contributed by atoms with van der Waals surface area (Å²) in [6.45, 7) is 7.34. The average molecular weight is 388 g/mol. The van der Waals surface area contributed by atoms with Crippen LogP contribution in [0.2, 0.25) is 0 Å². The lowest BCUT2D eigenvalue weighted by atomic mass is 9.84. The van der Waals surface area contributed by atoms with E-state index in [1.807, 2.05) is 12.1 Å². The Morgan fingerprint density at radius 2 is 1.88 bits per heavy atom. The van der Waals surface area contributed by atoms with Gasteiger partial charge in [-0.15, -0.1) is 24.8 Å². The van der Waals surface area contributed by atoms with Crippen LogP contribution >= 0.6 is 24.8 Å². The van der Waals surface area contributed by atoms with Crippen molar-refractivity contribution >= 4 is 36.4 Å². The van der Waals surface area contributed by atoms with Crippen LogP contribution in [0.25, 0.3) is 0 Å². The number of nitrogens with zero attached hydrogens (tertiary/aromatic N) is 1. The first-order valence-electron chi connectivity index (χ1n) is 9.00. The summed E-state index contributed by atoms with van der Waals surface area (Å²) >= 11 is 0. The van der Waals surface area contributed by atoms with Crippen molar-refractivity contribution in [3.05, 3.63) is 29.8 Å². The number of carbonyl (C=O) groups is 1. The maximum Gasteiger partial charge on any atom is 0.229 e. The van der Waals surface area contributed by atoms with Gasteiger partial charge >= 0.3 is 0 Å². The Hall–Kier alpha value is -0.810. The number of benzene rings is 1. The first-order valence-corrected chi connectivity index (χ1v) is 9.00. The molecule has 0 radical (unpaired) electrons. The molecule has 2 bridgehead atoms. The van der Waals surface area contributed by atoms with Gasteiger partial charge in [0.1, 0.15) is 0 Å². The summed E-state index contributed by atoms with van der Waals surface area (Å²) in [6.07, 6.45) is 3.51. The molecule has 0 spiro atoms. The molecule has 0 aliphatic heterocycles. The first-order chi connectivity index (χ1) is 11.1. The van der Waals surface area contributed by atoms with Crippen molar-refractivity contribution in [3.63, 3.8) is 0 Å². The second kappa shape index (κ2) is 9.77. The molecule has 3 rings (SSSR count). The van der Waals surface area contributed by atoms with Gasteiger partial charge in [0.25, 0.3) is 0 Å². The van der Waals surface area contributed by atoms with Gasteiger partial charge in [0.2, 0.25) is 5.91 Å². The standard InChI is InChI=1S/C19H29N3O.2ClH/c1-3-22(4-2)12-13-6-5-7-16(10-13)21-19(23)17-14-8-9-15(11-14)18(17)20;;/h5-7,10,14-15,17-18H,3-4,8-9,11-12,20H2,1-2H3,(H,21,23);2*1H. The summed E-state index contributed by atoms with van der Waals surface area (Å²) in [5, 5.41) is 3.11. The third-order valence-corrected chi connectivity index (χ3v) is 5.78. The molecule has 142 valence electrons. The number of hydrogen-bond donors (Lipinski definition) is 2. The zero-order valence-electron chi connectivity index (χ0n) is 15.1. The maximum absolute atomic E-state index is 12.7. The van der Waals surface area contributed by atoms with Crippen LogP contribution in [0.5, 0.6) is 0 Å². The number of rotatable bonds is 6. The van der Waals surface area contributed by atoms with E-state index >= 15 is 0 Å². The van der Waals surface area contributed by atoms with Crippen LogP contribution in [0.1, 0.15) is 38.7 Å². The van der Waals surface area contributed by atoms with Gasteiger partial charge in [-0.25, -0.2) is 0 Å². The van der Waals surface area contributed by atoms with Gasteiger partial charge in [-0.05, 0) is 61.9 Å². The number of anilines is 1. The Morgan fingerprint density at radius 3 is 2.48 bits per heavy atom. The molecule has 1 aromatic rings. The lowest BCUT2D eigenvalue weighted by Gasteiger charge is -2.27. The highest BCUT2D eigenvalue weighted by Crippen LogP contribution is 2.47. The van der Waals surface area contributed by atoms with E-state index in [9.17, 15) is 4.79 Å². The monoisotopic (exact) mass is 387 g/mol. The topological polar surface area (TPSA) is 58.4 Å². The fourth-order valence-corrected chi connectivity index (χ4v) is 4.40. The quantitative estimate of drug-likeness (QED) is 0.782. The van der Waals surface area contributed by atoms with E-state index in [1.54, 1.807) is 0 Å². The molecular weight excluding hydrogens is 357 g/mol. The van der Waals surface area contributed by atoms with E-state index in [0.29, 0.717) is 11.8 Å². The van der Waals surface area contributed by atoms with Crippen LogP contribution in [-0.2, 0) is 11.3 Å². The second-order valence-corrected chi connectivity index (χ2v) is 7.09. The molecule has 2 aliphatic carbocycles. The highest BCUT2D eigenvalue weighted by Gasteiger charge is 2.49. The molecule has 2 aliphatic rings. The molecule has 25 heavy (non-hydrogen) atoms. The van der Waals surface area contributed by atoms with Gasteiger partial charge in [-0.1, -0.05) is 26.0 Å². The molecule has 1 amide bonds. The summed E-state index contributed by atoms with van der Waals surface area (Å²) in [4.78, 5) is 15.0. The highest BCUT2D eigenvalue weighted by molar-refractivity contribution is 5.93. The van der Waals surface area contributed by atoms with Gasteiger partial charge in [0, 0.05) is 18.3 Å². The van der Waals surface area contributed by atoms with Crippen LogP contribution in [0.3, 0.4) is 0 Å². The van der Waals surface area contributed by atoms with Gasteiger partial charge < -0.3 is 11.1 Å². The van der Waals surface area contributed by atoms with E-state index in [0.717, 1.165) is 31.7 Å². The van der Waals surface area contributed by atoms with E-state index in [2.05, 4.69) is 36.2 Å². The second-order valence-electron chi connectivity index (χ2n) is 7.09. The van der Waals surface area contributed by atoms with Crippen molar-refractivity contribution < 1.29 is 4.79 Å². The highest BCUT2D eigenvalue weighted by atomic mass is 35.5. The van der Waals surface area contributed by atoms with Crippen molar-refractivity contribution in [1.82, 2.24) is 4.90 Å². The molecule has 0 aromatic heterocycles. The third-order valence-electron chi connectivity index (χ3n) is 5.78. The molecule has 1 aromatic carbocycles. The van der Waals surface area contributed by atoms with Crippen LogP contribution < -0.4 is 11.1 Å². The average Bonchev–Trinajstić information content (AvgIpc) is 3.13. The fraction of sp³-hybridized carbons (Fsp3) is 0.632. The van der Waals surface area contributed by atoms with Crippen molar-refractivity contribution in [1.29, 1.82) is 0 Å². The van der Waals surface area contributed by atoms with E-state index < -0.39 is 0 Å². The molecule has 3 N–H and O–H groups in total. The molecule has 4 unspecified atom stereocenters. The van der Waals surface area contributed by atoms with Gasteiger partial charge in [0.15, 0.2) is 0 Å². The van der Waals surface area contributed by atoms with Crippen molar-refractivity contribution in [2.24, 2.45) is 23.5 Å². The summed E-state index contributed by atoms with van der Waals surface area (Å²) < 4.78 is 0. The molecule has 4 nitrogen and oxygen atoms in total. The predicted octanol–water partition coefficient (Wildman–Crippen LogP) is 3.68. The van der Waals surface area contributed by atoms with Crippen molar-refractivity contribution in [2.45, 2.75) is 45.7 Å². The minimum Gasteiger partial charge on any atom is -0.327 e. The van der Waals surface area contributed by atoms with Gasteiger partial charge in [0.05, 0.1) is 5.92 Å². The molecule has 2 fully saturated rings. The summed E-state index contributed by atoms with van der Waals surface area (Å²) in [5.74, 6) is 1.17. The molecule has 0 heterocycles. The summed E-state index contributed by atoms with van der Waals surface area (Å²) in [7, 11) is 0. The minimum atomic E-state index is 0. The molecule has 2 saturated carbocycles. The van der Waals surface area contributed by atoms with Gasteiger partial charge in [-0.3, -0.25) is 9.69 Å². The Bertz CT molecular complexity index is 563. The largest absolute Gasteiger partial charge is 0.327 e. The van der Waals surface area contributed by atoms with Crippen LogP contribution in [-0.4, -0.2) is 29.9 Å². The molecule has 0 saturated heterocycles. The first kappa shape index (κ1) is 22.2. The molecule has 6 heteroatoms. The lowest BCUT2D eigenvalue weighted by molar-refractivity contribution is -0.121. The van der Waals surface area contributed by atoms with Crippen LogP contribution in [0.15, 0.2) is 24.3 Å². The maximum atomic E-state index is 12.7. The number of nitrogens with one attached hydrogen (secondary N) is 1. The lowest BCUT2D eigenvalue weighted by Crippen LogP contribution is -2.42. The van der Waals surface area contributed by atoms with Gasteiger partial charge in [-0.2, -0.15) is 0 Å². The van der Waals surface area contributed by atoms with Crippen LogP contribution in [0.4, 0.5) is 5.69 Å².